The van der Waals surface area contributed by atoms with E-state index in [9.17, 15) is 19.2 Å². The van der Waals surface area contributed by atoms with Crippen LogP contribution in [-0.2, 0) is 9.59 Å². The van der Waals surface area contributed by atoms with Gasteiger partial charge in [0.1, 0.15) is 41.7 Å². The predicted octanol–water partition coefficient (Wildman–Crippen LogP) is 3.66. The van der Waals surface area contributed by atoms with Crippen LogP contribution in [0.4, 0.5) is 4.79 Å². The van der Waals surface area contributed by atoms with Crippen molar-refractivity contribution in [3.8, 4) is 5.75 Å². The lowest BCUT2D eigenvalue weighted by molar-refractivity contribution is -0.123. The van der Waals surface area contributed by atoms with Gasteiger partial charge in [0.15, 0.2) is 12.2 Å². The zero-order valence-electron chi connectivity index (χ0n) is 23.9. The van der Waals surface area contributed by atoms with Gasteiger partial charge in [0, 0.05) is 23.7 Å². The second kappa shape index (κ2) is 11.9. The number of aliphatic imine (C=N–C) groups is 1. The molecule has 2 atom stereocenters. The number of urea groups is 1. The first-order valence-electron chi connectivity index (χ1n) is 13.6. The molecule has 5 rings (SSSR count). The number of ketones is 1. The molecule has 2 aliphatic heterocycles. The molecule has 0 aliphatic carbocycles. The van der Waals surface area contributed by atoms with Crippen LogP contribution in [0.25, 0.3) is 0 Å². The van der Waals surface area contributed by atoms with Gasteiger partial charge in [0.05, 0.1) is 18.0 Å². The fraction of sp³-hybridized carbons (Fsp3) is 0.333. The Labute approximate surface area is 252 Å². The Balaban J connectivity index is 1.69. The number of amides is 4. The molecule has 0 radical (unpaired) electrons. The molecule has 12 nitrogen and oxygen atoms in total. The molecule has 43 heavy (non-hydrogen) atoms. The van der Waals surface area contributed by atoms with Crippen LogP contribution < -0.4 is 15.8 Å². The number of oxazole rings is 1. The summed E-state index contributed by atoms with van der Waals surface area (Å²) in [6, 6.07) is 9.89. The summed E-state index contributed by atoms with van der Waals surface area (Å²) in [4.78, 5) is 63.2. The van der Waals surface area contributed by atoms with Gasteiger partial charge in [-0.3, -0.25) is 24.3 Å². The number of primary amides is 1. The minimum Gasteiger partial charge on any atom is -0.487 e. The number of hydrogen-bond donors (Lipinski definition) is 2. The van der Waals surface area contributed by atoms with Gasteiger partial charge in [-0.1, -0.05) is 29.8 Å². The first-order valence-corrected chi connectivity index (χ1v) is 14.0. The summed E-state index contributed by atoms with van der Waals surface area (Å²) in [5.41, 5.74) is 6.40. The van der Waals surface area contributed by atoms with Crippen LogP contribution in [0.2, 0.25) is 5.02 Å². The lowest BCUT2D eigenvalue weighted by atomic mass is 9.97. The summed E-state index contributed by atoms with van der Waals surface area (Å²) < 4.78 is 11.6. The number of Topliss-reactive ketones (excluding diaryl/α,β-unsaturated/α-hetero) is 1. The number of piperazine rings is 1. The van der Waals surface area contributed by atoms with Crippen LogP contribution in [-0.4, -0.2) is 69.5 Å². The van der Waals surface area contributed by atoms with Gasteiger partial charge >= 0.3 is 6.03 Å². The van der Waals surface area contributed by atoms with Crippen molar-refractivity contribution in [1.82, 2.24) is 20.1 Å². The van der Waals surface area contributed by atoms with Crippen molar-refractivity contribution in [2.75, 3.05) is 19.6 Å². The molecule has 224 valence electrons. The molecule has 3 heterocycles. The van der Waals surface area contributed by atoms with Gasteiger partial charge in [-0.25, -0.2) is 9.78 Å². The molecule has 1 aromatic heterocycles. The summed E-state index contributed by atoms with van der Waals surface area (Å²) in [5.74, 6) is -0.986. The van der Waals surface area contributed by atoms with Gasteiger partial charge in [0.2, 0.25) is 11.8 Å². The number of benzene rings is 2. The summed E-state index contributed by atoms with van der Waals surface area (Å²) in [6.45, 7) is 6.00. The molecule has 0 unspecified atom stereocenters. The van der Waals surface area contributed by atoms with Crippen molar-refractivity contribution in [3.63, 3.8) is 0 Å². The maximum absolute atomic E-state index is 14.4. The first-order chi connectivity index (χ1) is 20.4. The van der Waals surface area contributed by atoms with E-state index in [0.29, 0.717) is 29.4 Å². The van der Waals surface area contributed by atoms with E-state index in [1.54, 1.807) is 30.3 Å². The van der Waals surface area contributed by atoms with Gasteiger partial charge in [0.25, 0.3) is 0 Å². The van der Waals surface area contributed by atoms with E-state index < -0.39 is 41.8 Å². The minimum absolute atomic E-state index is 0.128. The zero-order valence-corrected chi connectivity index (χ0v) is 24.6. The molecule has 0 spiro atoms. The Morgan fingerprint density at radius 3 is 2.53 bits per heavy atom. The van der Waals surface area contributed by atoms with Gasteiger partial charge < -0.3 is 25.1 Å². The van der Waals surface area contributed by atoms with Gasteiger partial charge in [-0.05, 0) is 50.6 Å². The zero-order chi connectivity index (χ0) is 30.9. The fourth-order valence-corrected chi connectivity index (χ4v) is 5.17. The van der Waals surface area contributed by atoms with Gasteiger partial charge in [-0.2, -0.15) is 0 Å². The van der Waals surface area contributed by atoms with Gasteiger partial charge in [-0.15, -0.1) is 0 Å². The Morgan fingerprint density at radius 2 is 1.91 bits per heavy atom. The number of ether oxygens (including phenoxy) is 1. The SMILES string of the molecule is CC(C)(C)Oc1cc(C(=O)CC(N)=O)ccc1C1=N[C@@H](c2cocn2)[C@@H](c2ccc(Cl)cc2)N1C(=O)N1CCNC(=O)C1. The topological polar surface area (TPSA) is 160 Å². The Kier molecular flexibility index (Phi) is 8.23. The van der Waals surface area contributed by atoms with Crippen molar-refractivity contribution in [2.24, 2.45) is 10.7 Å². The highest BCUT2D eigenvalue weighted by Crippen LogP contribution is 2.45. The largest absolute Gasteiger partial charge is 0.487 e. The van der Waals surface area contributed by atoms with Crippen molar-refractivity contribution in [2.45, 2.75) is 44.9 Å². The first kappa shape index (κ1) is 29.8. The number of hydrogen-bond acceptors (Lipinski definition) is 8. The summed E-state index contributed by atoms with van der Waals surface area (Å²) in [5, 5.41) is 3.26. The predicted molar refractivity (Wildman–Crippen MR) is 157 cm³/mol. The van der Waals surface area contributed by atoms with Crippen molar-refractivity contribution < 1.29 is 28.3 Å². The lowest BCUT2D eigenvalue weighted by Gasteiger charge is -2.35. The number of rotatable bonds is 7. The molecule has 3 aromatic rings. The van der Waals surface area contributed by atoms with E-state index in [0.717, 1.165) is 5.56 Å². The molecule has 2 aliphatic rings. The number of carbonyl (C=O) groups excluding carboxylic acids is 4. The van der Waals surface area contributed by atoms with Crippen LogP contribution in [0, 0.1) is 0 Å². The summed E-state index contributed by atoms with van der Waals surface area (Å²) >= 11 is 6.21. The Bertz CT molecular complexity index is 1580. The third kappa shape index (κ3) is 6.54. The smallest absolute Gasteiger partial charge is 0.326 e. The highest BCUT2D eigenvalue weighted by Gasteiger charge is 2.46. The van der Waals surface area contributed by atoms with Crippen LogP contribution in [0.3, 0.4) is 0 Å². The van der Waals surface area contributed by atoms with E-state index in [2.05, 4.69) is 10.3 Å². The van der Waals surface area contributed by atoms with Crippen molar-refractivity contribution >= 4 is 41.1 Å². The third-order valence-corrected chi connectivity index (χ3v) is 7.10. The molecule has 4 amide bonds. The number of aromatic nitrogens is 1. The lowest BCUT2D eigenvalue weighted by Crippen LogP contribution is -2.55. The molecule has 3 N–H and O–H groups in total. The molecular weight excluding hydrogens is 576 g/mol. The van der Waals surface area contributed by atoms with Crippen LogP contribution in [0.1, 0.15) is 66.5 Å². The Hall–Kier alpha value is -4.71. The monoisotopic (exact) mass is 606 g/mol. The maximum atomic E-state index is 14.4. The van der Waals surface area contributed by atoms with E-state index in [4.69, 9.17) is 31.5 Å². The molecular formula is C30H31ClN6O6. The fourth-order valence-electron chi connectivity index (χ4n) is 5.04. The standard InChI is InChI=1S/C30H31ClN6O6/c1-30(2,3)43-23-12-18(22(38)13-24(32)39)6-9-20(23)28-35-26(21-15-42-16-34-21)27(17-4-7-19(31)8-5-17)37(28)29(41)36-11-10-33-25(40)14-36/h4-9,12,15-16,26-27H,10-11,13-14H2,1-3H3,(H2,32,39)(H,33,40)/t26-,27+/m0/s1. The highest BCUT2D eigenvalue weighted by molar-refractivity contribution is 6.30. The molecule has 1 saturated heterocycles. The number of nitrogens with one attached hydrogen (secondary N) is 1. The number of halogens is 1. The van der Waals surface area contributed by atoms with Crippen molar-refractivity contribution in [3.05, 3.63) is 82.5 Å². The van der Waals surface area contributed by atoms with Crippen LogP contribution >= 0.6 is 11.6 Å². The second-order valence-corrected chi connectivity index (χ2v) is 11.7. The molecule has 0 saturated carbocycles. The van der Waals surface area contributed by atoms with E-state index in [-0.39, 0.29) is 29.6 Å². The quantitative estimate of drug-likeness (QED) is 0.306. The highest BCUT2D eigenvalue weighted by atomic mass is 35.5. The minimum atomic E-state index is -0.754. The van der Waals surface area contributed by atoms with Crippen molar-refractivity contribution in [1.29, 1.82) is 0 Å². The number of nitrogens with two attached hydrogens (primary N) is 1. The molecule has 2 aromatic carbocycles. The number of carbonyl (C=O) groups is 4. The van der Waals surface area contributed by atoms with Crippen LogP contribution in [0.15, 0.2) is 64.5 Å². The maximum Gasteiger partial charge on any atom is 0.326 e. The third-order valence-electron chi connectivity index (χ3n) is 6.84. The van der Waals surface area contributed by atoms with E-state index in [1.165, 1.54) is 34.6 Å². The normalized spacial score (nSPS) is 18.7. The summed E-state index contributed by atoms with van der Waals surface area (Å²) in [6.07, 6.45) is 2.29. The van der Waals surface area contributed by atoms with E-state index in [1.807, 2.05) is 20.8 Å². The molecule has 13 heteroatoms. The Morgan fingerprint density at radius 1 is 1.16 bits per heavy atom. The number of amidine groups is 1. The molecule has 1 fully saturated rings. The average molecular weight is 607 g/mol. The second-order valence-electron chi connectivity index (χ2n) is 11.2. The summed E-state index contributed by atoms with van der Waals surface area (Å²) in [7, 11) is 0. The van der Waals surface area contributed by atoms with Crippen LogP contribution in [0.5, 0.6) is 5.75 Å². The molecule has 0 bridgehead atoms. The average Bonchev–Trinajstić information content (AvgIpc) is 3.60. The van der Waals surface area contributed by atoms with E-state index >= 15 is 0 Å². The number of nitrogens with zero attached hydrogens (tertiary/aromatic N) is 4.